The number of hydrogen-bond donors (Lipinski definition) is 0. The third-order valence-corrected chi connectivity index (χ3v) is 7.88. The largest absolute Gasteiger partial charge is 0.465 e. The highest BCUT2D eigenvalue weighted by molar-refractivity contribution is 5.99. The molecule has 2 heterocycles. The van der Waals surface area contributed by atoms with Gasteiger partial charge in [0.15, 0.2) is 6.29 Å². The first-order chi connectivity index (χ1) is 18.0. The van der Waals surface area contributed by atoms with E-state index in [1.807, 2.05) is 26.8 Å². The van der Waals surface area contributed by atoms with Crippen molar-refractivity contribution in [3.63, 3.8) is 0 Å². The summed E-state index contributed by atoms with van der Waals surface area (Å²) in [7, 11) is 1.32. The molecule has 1 saturated carbocycles. The van der Waals surface area contributed by atoms with E-state index in [4.69, 9.17) is 14.2 Å². The van der Waals surface area contributed by atoms with Gasteiger partial charge in [0.1, 0.15) is 5.60 Å². The summed E-state index contributed by atoms with van der Waals surface area (Å²) in [6.45, 7) is 13.3. The van der Waals surface area contributed by atoms with Crippen molar-refractivity contribution in [1.82, 2.24) is 9.80 Å². The smallest absolute Gasteiger partial charge is 0.410 e. The van der Waals surface area contributed by atoms with Crippen molar-refractivity contribution >= 4 is 24.0 Å². The number of nitrogens with zero attached hydrogens (tertiary/aromatic N) is 3. The van der Waals surface area contributed by atoms with E-state index in [1.165, 1.54) is 7.11 Å². The second kappa shape index (κ2) is 11.6. The van der Waals surface area contributed by atoms with Crippen LogP contribution in [0.2, 0.25) is 0 Å². The van der Waals surface area contributed by atoms with Gasteiger partial charge in [0.05, 0.1) is 24.9 Å². The van der Waals surface area contributed by atoms with Crippen LogP contribution in [0.25, 0.3) is 0 Å². The molecule has 1 aliphatic carbocycles. The van der Waals surface area contributed by atoms with E-state index in [-0.39, 0.29) is 30.4 Å². The Morgan fingerprint density at radius 1 is 1.00 bits per heavy atom. The van der Waals surface area contributed by atoms with Crippen molar-refractivity contribution in [3.8, 4) is 0 Å². The first-order valence-electron chi connectivity index (χ1n) is 13.8. The van der Waals surface area contributed by atoms with Gasteiger partial charge in [-0.05, 0) is 78.5 Å². The zero-order valence-electron chi connectivity index (χ0n) is 23.6. The molecule has 1 amide bonds. The maximum Gasteiger partial charge on any atom is 0.410 e. The molecule has 0 aromatic heterocycles. The topological polar surface area (TPSA) is 88.6 Å². The summed E-state index contributed by atoms with van der Waals surface area (Å²) in [5.74, 6) is -0.500. The van der Waals surface area contributed by atoms with Crippen molar-refractivity contribution in [2.45, 2.75) is 96.2 Å². The SMILES string of the molecule is COC(=O)c1ccc(N2[C@H](C)CN(C3CC(OC4CCN(C(=O)OC(C)(C)C)CC4)C3)C[C@@H]2C)cc1C=O. The summed E-state index contributed by atoms with van der Waals surface area (Å²) < 4.78 is 16.7. The number of ether oxygens (including phenoxy) is 3. The van der Waals surface area contributed by atoms with Crippen LogP contribution in [-0.2, 0) is 14.2 Å². The van der Waals surface area contributed by atoms with Crippen molar-refractivity contribution in [3.05, 3.63) is 29.3 Å². The number of amides is 1. The molecule has 0 spiro atoms. The molecule has 9 nitrogen and oxygen atoms in total. The number of methoxy groups -OCH3 is 1. The second-order valence-corrected chi connectivity index (χ2v) is 12.0. The number of piperidine rings is 1. The molecule has 1 aromatic carbocycles. The van der Waals surface area contributed by atoms with Gasteiger partial charge in [0.25, 0.3) is 0 Å². The Hall–Kier alpha value is -2.65. The molecule has 1 aromatic rings. The predicted molar refractivity (Wildman–Crippen MR) is 145 cm³/mol. The Labute approximate surface area is 226 Å². The molecule has 3 aliphatic rings. The molecular weight excluding hydrogens is 486 g/mol. The average Bonchev–Trinajstić information content (AvgIpc) is 2.84. The highest BCUT2D eigenvalue weighted by Crippen LogP contribution is 2.35. The number of carbonyl (C=O) groups is 3. The zero-order valence-corrected chi connectivity index (χ0v) is 23.6. The zero-order chi connectivity index (χ0) is 27.6. The third-order valence-electron chi connectivity index (χ3n) is 7.88. The Morgan fingerprint density at radius 3 is 2.18 bits per heavy atom. The molecule has 2 atom stereocenters. The van der Waals surface area contributed by atoms with E-state index in [1.54, 1.807) is 17.0 Å². The molecule has 0 unspecified atom stereocenters. The van der Waals surface area contributed by atoms with E-state index in [9.17, 15) is 14.4 Å². The number of rotatable bonds is 6. The van der Waals surface area contributed by atoms with Gasteiger partial charge in [-0.3, -0.25) is 9.69 Å². The molecule has 0 N–H and O–H groups in total. The number of anilines is 1. The van der Waals surface area contributed by atoms with Gasteiger partial charge in [-0.25, -0.2) is 9.59 Å². The fourth-order valence-corrected chi connectivity index (χ4v) is 6.00. The molecule has 3 fully saturated rings. The van der Waals surface area contributed by atoms with E-state index >= 15 is 0 Å². The molecule has 2 saturated heterocycles. The molecule has 0 radical (unpaired) electrons. The van der Waals surface area contributed by atoms with Crippen LogP contribution in [-0.4, -0.2) is 97.4 Å². The number of benzene rings is 1. The normalized spacial score (nSPS) is 27.0. The number of likely N-dealkylation sites (tertiary alicyclic amines) is 1. The molecule has 9 heteroatoms. The van der Waals surface area contributed by atoms with Gasteiger partial charge in [-0.2, -0.15) is 0 Å². The minimum absolute atomic E-state index is 0.203. The molecule has 2 aliphatic heterocycles. The standard InChI is InChI=1S/C29H43N3O6/c1-19-16-31(17-20(2)32(19)22-7-8-26(27(34)36-6)21(13-22)18-33)23-14-25(15-23)37-24-9-11-30(12-10-24)28(35)38-29(3,4)5/h7-8,13,18-20,23-25H,9-12,14-17H2,1-6H3/t19-,20+,23?,25?. The van der Waals surface area contributed by atoms with Crippen LogP contribution in [0.1, 0.15) is 81.0 Å². The number of hydrogen-bond acceptors (Lipinski definition) is 8. The minimum atomic E-state index is -0.500. The third kappa shape index (κ3) is 6.49. The lowest BCUT2D eigenvalue weighted by atomic mass is 9.86. The maximum absolute atomic E-state index is 12.3. The maximum atomic E-state index is 12.3. The summed E-state index contributed by atoms with van der Waals surface area (Å²) in [5.41, 5.74) is 1.12. The van der Waals surface area contributed by atoms with Gasteiger partial charge < -0.3 is 24.0 Å². The molecule has 210 valence electrons. The van der Waals surface area contributed by atoms with Gasteiger partial charge >= 0.3 is 12.1 Å². The lowest BCUT2D eigenvalue weighted by molar-refractivity contribution is -0.106. The molecular formula is C29H43N3O6. The van der Waals surface area contributed by atoms with Crippen LogP contribution < -0.4 is 4.90 Å². The fraction of sp³-hybridized carbons (Fsp3) is 0.690. The number of esters is 1. The van der Waals surface area contributed by atoms with Crippen LogP contribution in [0.4, 0.5) is 10.5 Å². The quantitative estimate of drug-likeness (QED) is 0.402. The average molecular weight is 530 g/mol. The second-order valence-electron chi connectivity index (χ2n) is 12.0. The number of carbonyl (C=O) groups excluding carboxylic acids is 3. The van der Waals surface area contributed by atoms with E-state index in [0.29, 0.717) is 30.3 Å². The van der Waals surface area contributed by atoms with Gasteiger partial charge in [0, 0.05) is 55.6 Å². The van der Waals surface area contributed by atoms with Crippen LogP contribution >= 0.6 is 0 Å². The van der Waals surface area contributed by atoms with Crippen molar-refractivity contribution in [2.24, 2.45) is 0 Å². The number of piperazine rings is 1. The Kier molecular flexibility index (Phi) is 8.67. The molecule has 0 bridgehead atoms. The van der Waals surface area contributed by atoms with E-state index < -0.39 is 11.6 Å². The van der Waals surface area contributed by atoms with Gasteiger partial charge in [0.2, 0.25) is 0 Å². The Bertz CT molecular complexity index is 998. The summed E-state index contributed by atoms with van der Waals surface area (Å²) in [6, 6.07) is 6.43. The lowest BCUT2D eigenvalue weighted by Gasteiger charge is -2.52. The predicted octanol–water partition coefficient (Wildman–Crippen LogP) is 4.13. The van der Waals surface area contributed by atoms with Crippen molar-refractivity contribution in [1.29, 1.82) is 0 Å². The van der Waals surface area contributed by atoms with Crippen molar-refractivity contribution in [2.75, 3.05) is 38.2 Å². The van der Waals surface area contributed by atoms with Crippen LogP contribution in [0, 0.1) is 0 Å². The van der Waals surface area contributed by atoms with Gasteiger partial charge in [-0.15, -0.1) is 0 Å². The summed E-state index contributed by atoms with van der Waals surface area (Å²) >= 11 is 0. The fourth-order valence-electron chi connectivity index (χ4n) is 6.00. The minimum Gasteiger partial charge on any atom is -0.465 e. The first-order valence-corrected chi connectivity index (χ1v) is 13.8. The molecule has 38 heavy (non-hydrogen) atoms. The number of aldehydes is 1. The van der Waals surface area contributed by atoms with Crippen LogP contribution in [0.5, 0.6) is 0 Å². The summed E-state index contributed by atoms with van der Waals surface area (Å²) in [4.78, 5) is 42.6. The van der Waals surface area contributed by atoms with Crippen LogP contribution in [0.15, 0.2) is 18.2 Å². The summed E-state index contributed by atoms with van der Waals surface area (Å²) in [5, 5.41) is 0. The van der Waals surface area contributed by atoms with Crippen LogP contribution in [0.3, 0.4) is 0 Å². The monoisotopic (exact) mass is 529 g/mol. The highest BCUT2D eigenvalue weighted by atomic mass is 16.6. The van der Waals surface area contributed by atoms with Crippen molar-refractivity contribution < 1.29 is 28.6 Å². The highest BCUT2D eigenvalue weighted by Gasteiger charge is 2.41. The lowest BCUT2D eigenvalue weighted by Crippen LogP contribution is -2.62. The van der Waals surface area contributed by atoms with E-state index in [0.717, 1.165) is 50.7 Å². The van der Waals surface area contributed by atoms with Gasteiger partial charge in [-0.1, -0.05) is 0 Å². The van der Waals surface area contributed by atoms with E-state index in [2.05, 4.69) is 23.6 Å². The summed E-state index contributed by atoms with van der Waals surface area (Å²) in [6.07, 6.45) is 4.75. The Balaban J connectivity index is 1.24. The Morgan fingerprint density at radius 2 is 1.63 bits per heavy atom. The first kappa shape index (κ1) is 28.4. The molecule has 4 rings (SSSR count).